The minimum absolute atomic E-state index is 0.00273. The minimum Gasteiger partial charge on any atom is -0.459 e. The fourth-order valence-corrected chi connectivity index (χ4v) is 2.01. The van der Waals surface area contributed by atoms with E-state index >= 15 is 0 Å². The maximum atomic E-state index is 12.3. The molecule has 1 amide bonds. The van der Waals surface area contributed by atoms with Crippen LogP contribution in [0.2, 0.25) is 0 Å². The molecular weight excluding hydrogens is 352 g/mol. The summed E-state index contributed by atoms with van der Waals surface area (Å²) in [7, 11) is 0. The van der Waals surface area contributed by atoms with Gasteiger partial charge in [0.1, 0.15) is 17.9 Å². The van der Waals surface area contributed by atoms with Gasteiger partial charge in [-0.15, -0.1) is 0 Å². The van der Waals surface area contributed by atoms with E-state index < -0.39 is 17.7 Å². The highest BCUT2D eigenvalue weighted by Gasteiger charge is 2.25. The van der Waals surface area contributed by atoms with Gasteiger partial charge in [-0.2, -0.15) is 0 Å². The number of esters is 1. The maximum Gasteiger partial charge on any atom is 0.414 e. The first kappa shape index (κ1) is 18.4. The van der Waals surface area contributed by atoms with E-state index in [1.54, 1.807) is 33.0 Å². The van der Waals surface area contributed by atoms with Gasteiger partial charge in [0.25, 0.3) is 0 Å². The molecule has 0 saturated carbocycles. The van der Waals surface area contributed by atoms with Crippen molar-refractivity contribution in [2.24, 2.45) is 0 Å². The second-order valence-corrected chi connectivity index (χ2v) is 6.54. The maximum absolute atomic E-state index is 12.3. The molecule has 0 aliphatic heterocycles. The molecule has 0 N–H and O–H groups in total. The quantitative estimate of drug-likeness (QED) is 0.754. The van der Waals surface area contributed by atoms with Crippen LogP contribution in [-0.2, 0) is 20.9 Å². The van der Waals surface area contributed by atoms with Crippen LogP contribution in [-0.4, -0.2) is 29.2 Å². The molecule has 1 aromatic heterocycles. The number of hydrogen-bond donors (Lipinski definition) is 0. The van der Waals surface area contributed by atoms with Crippen molar-refractivity contribution in [2.45, 2.75) is 46.8 Å². The van der Waals surface area contributed by atoms with Gasteiger partial charge >= 0.3 is 12.1 Å². The summed E-state index contributed by atoms with van der Waals surface area (Å²) in [6.07, 6.45) is 1.12. The minimum atomic E-state index is -0.597. The van der Waals surface area contributed by atoms with Gasteiger partial charge in [-0.05, 0) is 49.7 Å². The van der Waals surface area contributed by atoms with Crippen LogP contribution in [0.3, 0.4) is 0 Å². The lowest BCUT2D eigenvalue weighted by Crippen LogP contribution is -2.37. The van der Waals surface area contributed by atoms with Gasteiger partial charge in [-0.1, -0.05) is 0 Å². The monoisotopic (exact) mass is 372 g/mol. The molecule has 0 unspecified atom stereocenters. The third-order valence-corrected chi connectivity index (χ3v) is 2.98. The number of rotatable bonds is 4. The highest BCUT2D eigenvalue weighted by Crippen LogP contribution is 2.25. The van der Waals surface area contributed by atoms with E-state index in [1.165, 1.54) is 11.8 Å². The van der Waals surface area contributed by atoms with E-state index in [1.807, 2.05) is 6.92 Å². The van der Waals surface area contributed by atoms with E-state index in [0.717, 1.165) is 4.47 Å². The Hall–Kier alpha value is -1.63. The van der Waals surface area contributed by atoms with E-state index in [4.69, 9.17) is 9.47 Å². The molecule has 0 spiro atoms. The Morgan fingerprint density at radius 2 is 2.00 bits per heavy atom. The molecule has 1 heterocycles. The first-order chi connectivity index (χ1) is 10.1. The highest BCUT2D eigenvalue weighted by atomic mass is 79.9. The zero-order valence-corrected chi connectivity index (χ0v) is 15.1. The SMILES string of the molecule is CCN(C(=O)OC(C)(C)C)c1cc(Br)cnc1COC(C)=O. The van der Waals surface area contributed by atoms with Gasteiger partial charge in [0.05, 0.1) is 5.69 Å². The second-order valence-electron chi connectivity index (χ2n) is 5.62. The van der Waals surface area contributed by atoms with Gasteiger partial charge < -0.3 is 9.47 Å². The lowest BCUT2D eigenvalue weighted by atomic mass is 10.2. The topological polar surface area (TPSA) is 68.7 Å². The van der Waals surface area contributed by atoms with Crippen LogP contribution < -0.4 is 4.90 Å². The summed E-state index contributed by atoms with van der Waals surface area (Å²) in [5.74, 6) is -0.406. The van der Waals surface area contributed by atoms with Crippen molar-refractivity contribution in [3.05, 3.63) is 22.4 Å². The number of aromatic nitrogens is 1. The second kappa shape index (κ2) is 7.58. The van der Waals surface area contributed by atoms with E-state index in [2.05, 4.69) is 20.9 Å². The number of anilines is 1. The van der Waals surface area contributed by atoms with Crippen LogP contribution in [0, 0.1) is 0 Å². The molecule has 7 heteroatoms. The summed E-state index contributed by atoms with van der Waals surface area (Å²) in [6.45, 7) is 8.97. The molecule has 0 fully saturated rings. The number of pyridine rings is 1. The lowest BCUT2D eigenvalue weighted by Gasteiger charge is -2.27. The summed E-state index contributed by atoms with van der Waals surface area (Å²) in [4.78, 5) is 29.0. The largest absolute Gasteiger partial charge is 0.459 e. The molecule has 0 bridgehead atoms. The van der Waals surface area contributed by atoms with Gasteiger partial charge in [-0.3, -0.25) is 14.7 Å². The fourth-order valence-electron chi connectivity index (χ4n) is 1.69. The summed E-state index contributed by atoms with van der Waals surface area (Å²) >= 11 is 3.34. The van der Waals surface area contributed by atoms with E-state index in [0.29, 0.717) is 17.9 Å². The standard InChI is InChI=1S/C15H21BrN2O4/c1-6-18(14(20)22-15(3,4)5)13-7-11(16)8-17-12(13)9-21-10(2)19/h7-8H,6,9H2,1-5H3. The fraction of sp³-hybridized carbons (Fsp3) is 0.533. The van der Waals surface area contributed by atoms with Crippen molar-refractivity contribution >= 4 is 33.7 Å². The average Bonchev–Trinajstić information content (AvgIpc) is 2.36. The molecule has 0 atom stereocenters. The third-order valence-electron chi connectivity index (χ3n) is 2.55. The van der Waals surface area contributed by atoms with Crippen molar-refractivity contribution in [1.82, 2.24) is 4.98 Å². The number of ether oxygens (including phenoxy) is 2. The molecule has 6 nitrogen and oxygen atoms in total. The van der Waals surface area contributed by atoms with Crippen LogP contribution in [0.4, 0.5) is 10.5 Å². The summed E-state index contributed by atoms with van der Waals surface area (Å²) < 4.78 is 11.1. The predicted molar refractivity (Wildman–Crippen MR) is 86.7 cm³/mol. The Labute approximate surface area is 138 Å². The summed E-state index contributed by atoms with van der Waals surface area (Å²) in [5.41, 5.74) is 0.443. The number of hydrogen-bond acceptors (Lipinski definition) is 5. The normalized spacial score (nSPS) is 11.0. The highest BCUT2D eigenvalue weighted by molar-refractivity contribution is 9.10. The molecule has 0 saturated heterocycles. The zero-order valence-electron chi connectivity index (χ0n) is 13.5. The van der Waals surface area contributed by atoms with Gasteiger partial charge in [0, 0.05) is 24.1 Å². The summed E-state index contributed by atoms with van der Waals surface area (Å²) in [5, 5.41) is 0. The van der Waals surface area contributed by atoms with Crippen molar-refractivity contribution in [3.63, 3.8) is 0 Å². The number of carbonyl (C=O) groups is 2. The first-order valence-corrected chi connectivity index (χ1v) is 7.71. The third kappa shape index (κ3) is 5.63. The Kier molecular flexibility index (Phi) is 6.34. The van der Waals surface area contributed by atoms with Crippen LogP contribution in [0.5, 0.6) is 0 Å². The van der Waals surface area contributed by atoms with E-state index in [-0.39, 0.29) is 6.61 Å². The zero-order chi connectivity index (χ0) is 16.9. The van der Waals surface area contributed by atoms with Crippen molar-refractivity contribution in [2.75, 3.05) is 11.4 Å². The predicted octanol–water partition coefficient (Wildman–Crippen LogP) is 3.67. The molecule has 122 valence electrons. The Bertz CT molecular complexity index is 555. The molecule has 1 rings (SSSR count). The van der Waals surface area contributed by atoms with Crippen molar-refractivity contribution in [1.29, 1.82) is 0 Å². The number of nitrogens with zero attached hydrogens (tertiary/aromatic N) is 2. The Morgan fingerprint density at radius 3 is 2.50 bits per heavy atom. The van der Waals surface area contributed by atoms with Crippen LogP contribution in [0.1, 0.15) is 40.3 Å². The molecule has 0 radical (unpaired) electrons. The summed E-state index contributed by atoms with van der Waals surface area (Å²) in [6, 6.07) is 1.75. The van der Waals surface area contributed by atoms with Gasteiger partial charge in [0.15, 0.2) is 0 Å². The van der Waals surface area contributed by atoms with Crippen LogP contribution in [0.15, 0.2) is 16.7 Å². The average molecular weight is 373 g/mol. The molecular formula is C15H21BrN2O4. The first-order valence-electron chi connectivity index (χ1n) is 6.92. The molecule has 1 aromatic rings. The molecule has 22 heavy (non-hydrogen) atoms. The number of amides is 1. The van der Waals surface area contributed by atoms with Gasteiger partial charge in [0.2, 0.25) is 0 Å². The Balaban J connectivity index is 3.11. The Morgan fingerprint density at radius 1 is 1.36 bits per heavy atom. The molecule has 0 aliphatic carbocycles. The molecule has 0 aliphatic rings. The van der Waals surface area contributed by atoms with E-state index in [9.17, 15) is 9.59 Å². The van der Waals surface area contributed by atoms with Crippen LogP contribution in [0.25, 0.3) is 0 Å². The number of carbonyl (C=O) groups excluding carboxylic acids is 2. The van der Waals surface area contributed by atoms with Crippen LogP contribution >= 0.6 is 15.9 Å². The number of halogens is 1. The van der Waals surface area contributed by atoms with Crippen molar-refractivity contribution in [3.8, 4) is 0 Å². The smallest absolute Gasteiger partial charge is 0.414 e. The van der Waals surface area contributed by atoms with Gasteiger partial charge in [-0.25, -0.2) is 4.79 Å². The molecule has 0 aromatic carbocycles. The lowest BCUT2D eigenvalue weighted by molar-refractivity contribution is -0.142. The van der Waals surface area contributed by atoms with Crippen molar-refractivity contribution < 1.29 is 19.1 Å².